The number of aromatic nitrogens is 3. The number of imidazole rings is 1. The van der Waals surface area contributed by atoms with E-state index in [0.29, 0.717) is 5.88 Å². The smallest absolute Gasteiger partial charge is 0.164 e. The first kappa shape index (κ1) is 13.1. The van der Waals surface area contributed by atoms with Crippen LogP contribution in [0.25, 0.3) is 16.9 Å². The number of alkyl halides is 1. The van der Waals surface area contributed by atoms with E-state index >= 15 is 0 Å². The standard InChI is InChI=1S/C16H16ClN3/c1-11-4-3-5-13(10-11)20-15(8-9-17)19-14-7-6-12(2)18-16(14)20/h3-7,10H,8-9H2,1-2H3. The highest BCUT2D eigenvalue weighted by atomic mass is 35.5. The molecule has 0 aliphatic rings. The molecule has 20 heavy (non-hydrogen) atoms. The summed E-state index contributed by atoms with van der Waals surface area (Å²) < 4.78 is 2.11. The number of halogens is 1. The van der Waals surface area contributed by atoms with Gasteiger partial charge in [-0.3, -0.25) is 4.57 Å². The van der Waals surface area contributed by atoms with Crippen LogP contribution in [-0.4, -0.2) is 20.4 Å². The molecule has 0 atom stereocenters. The maximum Gasteiger partial charge on any atom is 0.164 e. The van der Waals surface area contributed by atoms with Gasteiger partial charge in [-0.15, -0.1) is 11.6 Å². The number of nitrogens with zero attached hydrogens (tertiary/aromatic N) is 3. The van der Waals surface area contributed by atoms with Crippen molar-refractivity contribution in [3.8, 4) is 5.69 Å². The lowest BCUT2D eigenvalue weighted by molar-refractivity contribution is 0.903. The molecule has 0 saturated heterocycles. The molecular formula is C16H16ClN3. The fourth-order valence-electron chi connectivity index (χ4n) is 2.39. The third-order valence-electron chi connectivity index (χ3n) is 3.29. The molecule has 4 heteroatoms. The third kappa shape index (κ3) is 2.29. The predicted octanol–water partition coefficient (Wildman–Crippen LogP) is 3.82. The Morgan fingerprint density at radius 1 is 1.10 bits per heavy atom. The van der Waals surface area contributed by atoms with Crippen molar-refractivity contribution in [3.63, 3.8) is 0 Å². The monoisotopic (exact) mass is 285 g/mol. The summed E-state index contributed by atoms with van der Waals surface area (Å²) in [7, 11) is 0. The van der Waals surface area contributed by atoms with E-state index in [1.54, 1.807) is 0 Å². The minimum absolute atomic E-state index is 0.550. The van der Waals surface area contributed by atoms with E-state index in [1.165, 1.54) is 5.56 Å². The molecule has 0 fully saturated rings. The number of rotatable bonds is 3. The van der Waals surface area contributed by atoms with Gasteiger partial charge in [0.15, 0.2) is 5.65 Å². The van der Waals surface area contributed by atoms with Gasteiger partial charge in [0.1, 0.15) is 11.3 Å². The first-order valence-electron chi connectivity index (χ1n) is 6.67. The second kappa shape index (κ2) is 5.25. The van der Waals surface area contributed by atoms with E-state index in [4.69, 9.17) is 11.6 Å². The number of aryl methyl sites for hydroxylation is 3. The molecule has 3 nitrogen and oxygen atoms in total. The van der Waals surface area contributed by atoms with Crippen molar-refractivity contribution in [2.75, 3.05) is 5.88 Å². The summed E-state index contributed by atoms with van der Waals surface area (Å²) in [6.07, 6.45) is 0.727. The van der Waals surface area contributed by atoms with Crippen molar-refractivity contribution in [1.82, 2.24) is 14.5 Å². The average Bonchev–Trinajstić information content (AvgIpc) is 2.76. The van der Waals surface area contributed by atoms with E-state index in [9.17, 15) is 0 Å². The summed E-state index contributed by atoms with van der Waals surface area (Å²) in [6, 6.07) is 12.4. The fraction of sp³-hybridized carbons (Fsp3) is 0.250. The van der Waals surface area contributed by atoms with Crippen LogP contribution in [0.5, 0.6) is 0 Å². The molecule has 102 valence electrons. The van der Waals surface area contributed by atoms with Crippen molar-refractivity contribution in [1.29, 1.82) is 0 Å². The molecule has 2 heterocycles. The van der Waals surface area contributed by atoms with Gasteiger partial charge in [0, 0.05) is 23.7 Å². The van der Waals surface area contributed by atoms with Crippen LogP contribution in [0, 0.1) is 13.8 Å². The zero-order chi connectivity index (χ0) is 14.1. The van der Waals surface area contributed by atoms with Gasteiger partial charge >= 0.3 is 0 Å². The zero-order valence-corrected chi connectivity index (χ0v) is 12.4. The maximum atomic E-state index is 5.91. The lowest BCUT2D eigenvalue weighted by Gasteiger charge is -2.09. The number of hydrogen-bond acceptors (Lipinski definition) is 2. The van der Waals surface area contributed by atoms with E-state index in [2.05, 4.69) is 45.7 Å². The number of benzene rings is 1. The van der Waals surface area contributed by atoms with Crippen LogP contribution in [0.3, 0.4) is 0 Å². The van der Waals surface area contributed by atoms with E-state index in [1.807, 2.05) is 19.1 Å². The molecule has 0 bridgehead atoms. The van der Waals surface area contributed by atoms with Gasteiger partial charge in [0.05, 0.1) is 0 Å². The summed E-state index contributed by atoms with van der Waals surface area (Å²) in [5, 5.41) is 0. The molecule has 1 aromatic carbocycles. The molecule has 0 amide bonds. The van der Waals surface area contributed by atoms with Gasteiger partial charge in [-0.25, -0.2) is 9.97 Å². The van der Waals surface area contributed by atoms with Gasteiger partial charge in [0.2, 0.25) is 0 Å². The Balaban J connectivity index is 2.30. The normalized spacial score (nSPS) is 11.2. The minimum Gasteiger partial charge on any atom is -0.281 e. The predicted molar refractivity (Wildman–Crippen MR) is 82.8 cm³/mol. The highest BCUT2D eigenvalue weighted by Crippen LogP contribution is 2.21. The largest absolute Gasteiger partial charge is 0.281 e. The zero-order valence-electron chi connectivity index (χ0n) is 11.6. The molecule has 0 radical (unpaired) electrons. The van der Waals surface area contributed by atoms with E-state index in [-0.39, 0.29) is 0 Å². The molecule has 0 saturated carbocycles. The lowest BCUT2D eigenvalue weighted by atomic mass is 10.2. The molecule has 0 aliphatic heterocycles. The Kier molecular flexibility index (Phi) is 3.45. The number of hydrogen-bond donors (Lipinski definition) is 0. The third-order valence-corrected chi connectivity index (χ3v) is 3.48. The van der Waals surface area contributed by atoms with Gasteiger partial charge in [-0.1, -0.05) is 12.1 Å². The Morgan fingerprint density at radius 2 is 1.95 bits per heavy atom. The van der Waals surface area contributed by atoms with Gasteiger partial charge in [-0.2, -0.15) is 0 Å². The fourth-order valence-corrected chi connectivity index (χ4v) is 2.56. The topological polar surface area (TPSA) is 30.7 Å². The molecule has 3 aromatic rings. The summed E-state index contributed by atoms with van der Waals surface area (Å²) in [5.74, 6) is 1.51. The summed E-state index contributed by atoms with van der Waals surface area (Å²) in [6.45, 7) is 4.08. The van der Waals surface area contributed by atoms with Crippen LogP contribution in [-0.2, 0) is 6.42 Å². The Morgan fingerprint density at radius 3 is 2.70 bits per heavy atom. The van der Waals surface area contributed by atoms with Crippen molar-refractivity contribution in [2.24, 2.45) is 0 Å². The van der Waals surface area contributed by atoms with Crippen molar-refractivity contribution >= 4 is 22.8 Å². The molecular weight excluding hydrogens is 270 g/mol. The van der Waals surface area contributed by atoms with Gasteiger partial charge in [-0.05, 0) is 43.7 Å². The van der Waals surface area contributed by atoms with Crippen LogP contribution in [0.1, 0.15) is 17.1 Å². The summed E-state index contributed by atoms with van der Waals surface area (Å²) in [4.78, 5) is 9.31. The number of fused-ring (bicyclic) bond motifs is 1. The quantitative estimate of drug-likeness (QED) is 0.685. The molecule has 0 spiro atoms. The first-order chi connectivity index (χ1) is 9.69. The highest BCUT2D eigenvalue weighted by molar-refractivity contribution is 6.17. The Hall–Kier alpha value is -1.87. The minimum atomic E-state index is 0.550. The SMILES string of the molecule is Cc1cccc(-n2c(CCCl)nc3ccc(C)nc32)c1. The van der Waals surface area contributed by atoms with E-state index < -0.39 is 0 Å². The van der Waals surface area contributed by atoms with E-state index in [0.717, 1.165) is 34.8 Å². The number of pyridine rings is 1. The highest BCUT2D eigenvalue weighted by Gasteiger charge is 2.13. The molecule has 3 rings (SSSR count). The Labute approximate surface area is 123 Å². The van der Waals surface area contributed by atoms with Crippen LogP contribution in [0.4, 0.5) is 0 Å². The van der Waals surface area contributed by atoms with Crippen LogP contribution in [0.2, 0.25) is 0 Å². The first-order valence-corrected chi connectivity index (χ1v) is 7.20. The van der Waals surface area contributed by atoms with Gasteiger partial charge < -0.3 is 0 Å². The second-order valence-electron chi connectivity index (χ2n) is 4.94. The average molecular weight is 286 g/mol. The van der Waals surface area contributed by atoms with Crippen molar-refractivity contribution < 1.29 is 0 Å². The summed E-state index contributed by atoms with van der Waals surface area (Å²) in [5.41, 5.74) is 5.11. The lowest BCUT2D eigenvalue weighted by Crippen LogP contribution is -2.03. The van der Waals surface area contributed by atoms with Crippen LogP contribution in [0.15, 0.2) is 36.4 Å². The van der Waals surface area contributed by atoms with Crippen LogP contribution < -0.4 is 0 Å². The van der Waals surface area contributed by atoms with Crippen LogP contribution >= 0.6 is 11.6 Å². The molecule has 0 aliphatic carbocycles. The Bertz CT molecular complexity index is 762. The summed E-state index contributed by atoms with van der Waals surface area (Å²) >= 11 is 5.91. The van der Waals surface area contributed by atoms with Crippen molar-refractivity contribution in [2.45, 2.75) is 20.3 Å². The maximum absolute atomic E-state index is 5.91. The van der Waals surface area contributed by atoms with Gasteiger partial charge in [0.25, 0.3) is 0 Å². The molecule has 0 unspecified atom stereocenters. The second-order valence-corrected chi connectivity index (χ2v) is 5.31. The molecule has 0 N–H and O–H groups in total. The van der Waals surface area contributed by atoms with Crippen molar-refractivity contribution in [3.05, 3.63) is 53.5 Å². The molecule has 2 aromatic heterocycles.